The quantitative estimate of drug-likeness (QED) is 0.575. The second-order valence-electron chi connectivity index (χ2n) is 5.32. The number of aliphatic hydroxyl groups is 1. The highest BCUT2D eigenvalue weighted by Crippen LogP contribution is 2.12. The standard InChI is InChI=1S/C13H29NO3/c1-11(2)14-12(10-15)6-8-17-9-7-13(3,4)16-5/h11-12,14-15H,6-10H2,1-5H3. The van der Waals surface area contributed by atoms with E-state index >= 15 is 0 Å². The molecule has 0 aromatic carbocycles. The largest absolute Gasteiger partial charge is 0.395 e. The Bertz CT molecular complexity index is 184. The molecule has 0 radical (unpaired) electrons. The molecular formula is C13H29NO3. The van der Waals surface area contributed by atoms with Crippen LogP contribution in [0.2, 0.25) is 0 Å². The smallest absolute Gasteiger partial charge is 0.0644 e. The molecule has 0 rings (SSSR count). The van der Waals surface area contributed by atoms with Crippen molar-refractivity contribution in [3.63, 3.8) is 0 Å². The lowest BCUT2D eigenvalue weighted by Gasteiger charge is -2.23. The molecule has 0 heterocycles. The Hall–Kier alpha value is -0.160. The van der Waals surface area contributed by atoms with Gasteiger partial charge in [-0.25, -0.2) is 0 Å². The molecule has 0 amide bonds. The van der Waals surface area contributed by atoms with E-state index in [1.54, 1.807) is 7.11 Å². The van der Waals surface area contributed by atoms with Crippen molar-refractivity contribution >= 4 is 0 Å². The lowest BCUT2D eigenvalue weighted by Crippen LogP contribution is -2.38. The topological polar surface area (TPSA) is 50.7 Å². The fourth-order valence-electron chi connectivity index (χ4n) is 1.45. The van der Waals surface area contributed by atoms with Crippen LogP contribution in [0.4, 0.5) is 0 Å². The highest BCUT2D eigenvalue weighted by Gasteiger charge is 2.15. The molecule has 0 aromatic rings. The first kappa shape index (κ1) is 16.8. The van der Waals surface area contributed by atoms with Gasteiger partial charge in [-0.05, 0) is 26.7 Å². The Morgan fingerprint density at radius 2 is 1.88 bits per heavy atom. The molecule has 104 valence electrons. The molecule has 0 aliphatic heterocycles. The van der Waals surface area contributed by atoms with Crippen LogP contribution in [0.1, 0.15) is 40.5 Å². The van der Waals surface area contributed by atoms with E-state index in [2.05, 4.69) is 19.2 Å². The second-order valence-corrected chi connectivity index (χ2v) is 5.32. The van der Waals surface area contributed by atoms with E-state index in [1.165, 1.54) is 0 Å². The summed E-state index contributed by atoms with van der Waals surface area (Å²) in [5.41, 5.74) is -0.118. The van der Waals surface area contributed by atoms with Gasteiger partial charge in [-0.1, -0.05) is 13.8 Å². The third-order valence-electron chi connectivity index (χ3n) is 2.80. The minimum absolute atomic E-state index is 0.118. The van der Waals surface area contributed by atoms with Crippen molar-refractivity contribution in [2.75, 3.05) is 26.9 Å². The number of methoxy groups -OCH3 is 1. The Morgan fingerprint density at radius 3 is 2.35 bits per heavy atom. The van der Waals surface area contributed by atoms with Crippen molar-refractivity contribution in [1.29, 1.82) is 0 Å². The lowest BCUT2D eigenvalue weighted by molar-refractivity contribution is -0.0112. The van der Waals surface area contributed by atoms with Crippen LogP contribution in [0.3, 0.4) is 0 Å². The number of rotatable bonds is 10. The predicted octanol–water partition coefficient (Wildman–Crippen LogP) is 1.57. The molecule has 4 heteroatoms. The Kier molecular flexibility index (Phi) is 8.78. The summed E-state index contributed by atoms with van der Waals surface area (Å²) in [6.45, 7) is 9.77. The number of ether oxygens (including phenoxy) is 2. The Labute approximate surface area is 106 Å². The molecule has 4 nitrogen and oxygen atoms in total. The van der Waals surface area contributed by atoms with E-state index in [0.29, 0.717) is 19.3 Å². The van der Waals surface area contributed by atoms with E-state index < -0.39 is 0 Å². The molecule has 1 unspecified atom stereocenters. The summed E-state index contributed by atoms with van der Waals surface area (Å²) in [6, 6.07) is 0.519. The zero-order valence-electron chi connectivity index (χ0n) is 12.0. The summed E-state index contributed by atoms with van der Waals surface area (Å²) in [7, 11) is 1.72. The molecule has 0 aliphatic carbocycles. The maximum Gasteiger partial charge on any atom is 0.0644 e. The minimum atomic E-state index is -0.118. The molecule has 1 atom stereocenters. The van der Waals surface area contributed by atoms with E-state index in [9.17, 15) is 0 Å². The van der Waals surface area contributed by atoms with Gasteiger partial charge in [0.15, 0.2) is 0 Å². The first-order valence-corrected chi connectivity index (χ1v) is 6.41. The molecule has 0 saturated heterocycles. The molecular weight excluding hydrogens is 218 g/mol. The minimum Gasteiger partial charge on any atom is -0.395 e. The molecule has 0 fully saturated rings. The molecule has 0 saturated carbocycles. The highest BCUT2D eigenvalue weighted by molar-refractivity contribution is 4.69. The van der Waals surface area contributed by atoms with Crippen molar-refractivity contribution < 1.29 is 14.6 Å². The number of aliphatic hydroxyl groups excluding tert-OH is 1. The molecule has 0 aliphatic rings. The second kappa shape index (κ2) is 8.86. The van der Waals surface area contributed by atoms with Crippen molar-refractivity contribution in [3.05, 3.63) is 0 Å². The fraction of sp³-hybridized carbons (Fsp3) is 1.00. The number of hydrogen-bond acceptors (Lipinski definition) is 4. The van der Waals surface area contributed by atoms with E-state index in [1.807, 2.05) is 13.8 Å². The van der Waals surface area contributed by atoms with Gasteiger partial charge in [-0.2, -0.15) is 0 Å². The van der Waals surface area contributed by atoms with Crippen molar-refractivity contribution in [3.8, 4) is 0 Å². The molecule has 0 bridgehead atoms. The summed E-state index contributed by atoms with van der Waals surface area (Å²) >= 11 is 0. The maximum absolute atomic E-state index is 9.16. The summed E-state index contributed by atoms with van der Waals surface area (Å²) in [6.07, 6.45) is 1.72. The first-order chi connectivity index (χ1) is 7.91. The van der Waals surface area contributed by atoms with Crippen molar-refractivity contribution in [1.82, 2.24) is 5.32 Å². The predicted molar refractivity (Wildman–Crippen MR) is 70.3 cm³/mol. The summed E-state index contributed by atoms with van der Waals surface area (Å²) in [4.78, 5) is 0. The summed E-state index contributed by atoms with van der Waals surface area (Å²) < 4.78 is 10.9. The zero-order valence-corrected chi connectivity index (χ0v) is 12.0. The van der Waals surface area contributed by atoms with Crippen LogP contribution in [-0.4, -0.2) is 49.7 Å². The van der Waals surface area contributed by atoms with Gasteiger partial charge in [-0.15, -0.1) is 0 Å². The molecule has 17 heavy (non-hydrogen) atoms. The van der Waals surface area contributed by atoms with Gasteiger partial charge < -0.3 is 19.9 Å². The van der Waals surface area contributed by atoms with Gasteiger partial charge in [0.05, 0.1) is 12.2 Å². The van der Waals surface area contributed by atoms with E-state index in [-0.39, 0.29) is 18.2 Å². The van der Waals surface area contributed by atoms with Gasteiger partial charge >= 0.3 is 0 Å². The maximum atomic E-state index is 9.16. The van der Waals surface area contributed by atoms with Gasteiger partial charge in [0.2, 0.25) is 0 Å². The SMILES string of the molecule is COC(C)(C)CCOCCC(CO)NC(C)C. The van der Waals surface area contributed by atoms with Gasteiger partial charge in [0.1, 0.15) is 0 Å². The average Bonchev–Trinajstić information content (AvgIpc) is 2.26. The van der Waals surface area contributed by atoms with Crippen LogP contribution in [0.25, 0.3) is 0 Å². The van der Waals surface area contributed by atoms with Crippen molar-refractivity contribution in [2.24, 2.45) is 0 Å². The third-order valence-corrected chi connectivity index (χ3v) is 2.80. The van der Waals surface area contributed by atoms with Crippen LogP contribution in [0, 0.1) is 0 Å². The van der Waals surface area contributed by atoms with Gasteiger partial charge in [0.25, 0.3) is 0 Å². The van der Waals surface area contributed by atoms with Crippen LogP contribution in [0.15, 0.2) is 0 Å². The van der Waals surface area contributed by atoms with Crippen molar-refractivity contribution in [2.45, 2.75) is 58.2 Å². The highest BCUT2D eigenvalue weighted by atomic mass is 16.5. The van der Waals surface area contributed by atoms with Crippen LogP contribution < -0.4 is 5.32 Å². The summed E-state index contributed by atoms with van der Waals surface area (Å²) in [5.74, 6) is 0. The van der Waals surface area contributed by atoms with E-state index in [4.69, 9.17) is 14.6 Å². The summed E-state index contributed by atoms with van der Waals surface area (Å²) in [5, 5.41) is 12.5. The van der Waals surface area contributed by atoms with Crippen LogP contribution in [0.5, 0.6) is 0 Å². The Morgan fingerprint density at radius 1 is 1.24 bits per heavy atom. The number of hydrogen-bond donors (Lipinski definition) is 2. The average molecular weight is 247 g/mol. The Balaban J connectivity index is 3.55. The normalized spacial score (nSPS) is 14.3. The van der Waals surface area contributed by atoms with Crippen LogP contribution >= 0.6 is 0 Å². The third kappa shape index (κ3) is 9.53. The first-order valence-electron chi connectivity index (χ1n) is 6.41. The van der Waals surface area contributed by atoms with Gasteiger partial charge in [-0.3, -0.25) is 0 Å². The molecule has 0 aromatic heterocycles. The lowest BCUT2D eigenvalue weighted by atomic mass is 10.1. The zero-order chi connectivity index (χ0) is 13.3. The van der Waals surface area contributed by atoms with Gasteiger partial charge in [0, 0.05) is 32.4 Å². The fourth-order valence-corrected chi connectivity index (χ4v) is 1.45. The molecule has 2 N–H and O–H groups in total. The monoisotopic (exact) mass is 247 g/mol. The molecule has 0 spiro atoms. The van der Waals surface area contributed by atoms with E-state index in [0.717, 1.165) is 12.8 Å². The van der Waals surface area contributed by atoms with Crippen LogP contribution in [-0.2, 0) is 9.47 Å². The number of nitrogens with one attached hydrogen (secondary N) is 1.